The Morgan fingerprint density at radius 3 is 2.96 bits per heavy atom. The maximum atomic E-state index is 12.5. The van der Waals surface area contributed by atoms with Crippen molar-refractivity contribution < 1.29 is 9.59 Å². The molecule has 1 unspecified atom stereocenters. The van der Waals surface area contributed by atoms with Gasteiger partial charge < -0.3 is 10.2 Å². The average molecular weight is 351 g/mol. The number of aromatic nitrogens is 2. The highest BCUT2D eigenvalue weighted by molar-refractivity contribution is 7.13. The number of amides is 2. The Labute approximate surface area is 142 Å². The minimum Gasteiger partial charge on any atom is -0.338 e. The van der Waals surface area contributed by atoms with E-state index in [1.165, 1.54) is 17.5 Å². The number of hydrogen-bond acceptors (Lipinski definition) is 5. The van der Waals surface area contributed by atoms with Crippen molar-refractivity contribution in [2.24, 2.45) is 5.92 Å². The van der Waals surface area contributed by atoms with Gasteiger partial charge in [0, 0.05) is 36.4 Å². The summed E-state index contributed by atoms with van der Waals surface area (Å²) in [6, 6.07) is 3.18. The van der Waals surface area contributed by atoms with Crippen molar-refractivity contribution >= 4 is 39.9 Å². The molecular weight excluding hydrogens is 336 g/mol. The van der Waals surface area contributed by atoms with E-state index in [1.54, 1.807) is 28.6 Å². The Morgan fingerprint density at radius 2 is 2.22 bits per heavy atom. The molecule has 1 aliphatic heterocycles. The molecule has 1 fully saturated rings. The predicted octanol–water partition coefficient (Wildman–Crippen LogP) is 2.68. The lowest BCUT2D eigenvalue weighted by molar-refractivity contribution is -0.121. The number of anilines is 1. The third-order valence-electron chi connectivity index (χ3n) is 3.72. The van der Waals surface area contributed by atoms with Crippen LogP contribution < -0.4 is 5.32 Å². The number of pyridine rings is 1. The molecule has 3 rings (SSSR count). The minimum atomic E-state index is -0.228. The quantitative estimate of drug-likeness (QED) is 0.863. The van der Waals surface area contributed by atoms with Crippen molar-refractivity contribution in [1.29, 1.82) is 0 Å². The average Bonchev–Trinajstić information content (AvgIpc) is 3.07. The maximum Gasteiger partial charge on any atom is 0.254 e. The summed E-state index contributed by atoms with van der Waals surface area (Å²) in [5.41, 5.74) is 0.492. The van der Waals surface area contributed by atoms with Crippen LogP contribution in [0.15, 0.2) is 29.9 Å². The molecule has 0 bridgehead atoms. The second kappa shape index (κ2) is 7.06. The summed E-state index contributed by atoms with van der Waals surface area (Å²) in [6.45, 7) is 1.04. The lowest BCUT2D eigenvalue weighted by Gasteiger charge is -2.32. The fourth-order valence-corrected chi connectivity index (χ4v) is 3.29. The molecule has 0 saturated carbocycles. The molecule has 1 atom stereocenters. The maximum absolute atomic E-state index is 12.5. The van der Waals surface area contributed by atoms with Crippen molar-refractivity contribution in [1.82, 2.24) is 14.9 Å². The molecule has 8 heteroatoms. The van der Waals surface area contributed by atoms with Crippen LogP contribution in [-0.4, -0.2) is 39.8 Å². The molecule has 0 spiro atoms. The molecule has 2 aromatic rings. The number of carbonyl (C=O) groups is 2. The number of carbonyl (C=O) groups excluding carboxylic acids is 2. The first-order valence-corrected chi connectivity index (χ1v) is 8.50. The van der Waals surface area contributed by atoms with E-state index in [-0.39, 0.29) is 22.9 Å². The summed E-state index contributed by atoms with van der Waals surface area (Å²) in [7, 11) is 0. The topological polar surface area (TPSA) is 75.2 Å². The highest BCUT2D eigenvalue weighted by atomic mass is 35.5. The Hall–Kier alpha value is -1.99. The van der Waals surface area contributed by atoms with Gasteiger partial charge in [-0.25, -0.2) is 9.97 Å². The van der Waals surface area contributed by atoms with Crippen molar-refractivity contribution in [2.75, 3.05) is 18.4 Å². The van der Waals surface area contributed by atoms with E-state index >= 15 is 0 Å². The van der Waals surface area contributed by atoms with E-state index in [9.17, 15) is 9.59 Å². The first-order chi connectivity index (χ1) is 11.1. The third kappa shape index (κ3) is 3.86. The van der Waals surface area contributed by atoms with E-state index in [4.69, 9.17) is 11.6 Å². The van der Waals surface area contributed by atoms with Gasteiger partial charge in [0.15, 0.2) is 5.13 Å². The van der Waals surface area contributed by atoms with E-state index < -0.39 is 0 Å². The number of rotatable bonds is 3. The summed E-state index contributed by atoms with van der Waals surface area (Å²) in [5, 5.41) is 5.47. The van der Waals surface area contributed by atoms with Gasteiger partial charge in [-0.3, -0.25) is 9.59 Å². The van der Waals surface area contributed by atoms with E-state index in [0.29, 0.717) is 23.8 Å². The second-order valence-corrected chi connectivity index (χ2v) is 6.57. The number of hydrogen-bond donors (Lipinski definition) is 1. The molecule has 2 aromatic heterocycles. The highest BCUT2D eigenvalue weighted by Gasteiger charge is 2.29. The molecule has 2 amide bonds. The van der Waals surface area contributed by atoms with Gasteiger partial charge in [-0.1, -0.05) is 11.6 Å². The molecule has 0 aliphatic carbocycles. The van der Waals surface area contributed by atoms with Crippen molar-refractivity contribution in [3.05, 3.63) is 40.6 Å². The Balaban J connectivity index is 1.65. The highest BCUT2D eigenvalue weighted by Crippen LogP contribution is 2.21. The first-order valence-electron chi connectivity index (χ1n) is 7.24. The zero-order chi connectivity index (χ0) is 16.2. The van der Waals surface area contributed by atoms with Gasteiger partial charge in [-0.2, -0.15) is 0 Å². The van der Waals surface area contributed by atoms with E-state index in [0.717, 1.165) is 12.8 Å². The largest absolute Gasteiger partial charge is 0.338 e. The number of piperidine rings is 1. The van der Waals surface area contributed by atoms with Gasteiger partial charge in [0.05, 0.1) is 5.92 Å². The summed E-state index contributed by atoms with van der Waals surface area (Å²) in [6.07, 6.45) is 4.70. The summed E-state index contributed by atoms with van der Waals surface area (Å²) < 4.78 is 0. The zero-order valence-corrected chi connectivity index (χ0v) is 13.8. The number of nitrogens with zero attached hydrogens (tertiary/aromatic N) is 3. The van der Waals surface area contributed by atoms with Crippen LogP contribution in [0.25, 0.3) is 0 Å². The van der Waals surface area contributed by atoms with Crippen molar-refractivity contribution in [3.8, 4) is 0 Å². The van der Waals surface area contributed by atoms with Crippen LogP contribution in [0, 0.1) is 5.92 Å². The molecule has 1 aliphatic rings. The van der Waals surface area contributed by atoms with E-state index in [1.807, 2.05) is 0 Å². The Bertz CT molecular complexity index is 707. The molecule has 3 heterocycles. The fraction of sp³-hybridized carbons (Fsp3) is 0.333. The molecular formula is C15H15ClN4O2S. The molecule has 0 radical (unpaired) electrons. The van der Waals surface area contributed by atoms with Gasteiger partial charge in [-0.05, 0) is 25.0 Å². The van der Waals surface area contributed by atoms with E-state index in [2.05, 4.69) is 15.3 Å². The summed E-state index contributed by atoms with van der Waals surface area (Å²) in [5.74, 6) is -0.444. The van der Waals surface area contributed by atoms with Gasteiger partial charge in [0.2, 0.25) is 5.91 Å². The molecule has 6 nitrogen and oxygen atoms in total. The zero-order valence-electron chi connectivity index (χ0n) is 12.2. The molecule has 1 N–H and O–H groups in total. The van der Waals surface area contributed by atoms with Crippen LogP contribution in [0.5, 0.6) is 0 Å². The third-order valence-corrected chi connectivity index (χ3v) is 4.61. The van der Waals surface area contributed by atoms with Crippen LogP contribution in [0.2, 0.25) is 5.15 Å². The standard InChI is InChI=1S/C15H15ClN4O2S/c16-12-8-10(3-4-17-12)14(22)20-6-1-2-11(9-20)13(21)19-15-18-5-7-23-15/h3-5,7-8,11H,1-2,6,9H2,(H,18,19,21). The Morgan fingerprint density at radius 1 is 1.35 bits per heavy atom. The van der Waals surface area contributed by atoms with Crippen LogP contribution >= 0.6 is 22.9 Å². The minimum absolute atomic E-state index is 0.0924. The lowest BCUT2D eigenvalue weighted by Crippen LogP contribution is -2.43. The van der Waals surface area contributed by atoms with Crippen LogP contribution in [0.3, 0.4) is 0 Å². The van der Waals surface area contributed by atoms with Crippen molar-refractivity contribution in [3.63, 3.8) is 0 Å². The normalized spacial score (nSPS) is 17.8. The number of nitrogens with one attached hydrogen (secondary N) is 1. The van der Waals surface area contributed by atoms with Gasteiger partial charge in [0.1, 0.15) is 5.15 Å². The number of halogens is 1. The molecule has 120 valence electrons. The smallest absolute Gasteiger partial charge is 0.254 e. The van der Waals surface area contributed by atoms with Crippen LogP contribution in [0.4, 0.5) is 5.13 Å². The van der Waals surface area contributed by atoms with Gasteiger partial charge in [-0.15, -0.1) is 11.3 Å². The van der Waals surface area contributed by atoms with Crippen LogP contribution in [-0.2, 0) is 4.79 Å². The fourth-order valence-electron chi connectivity index (χ4n) is 2.59. The second-order valence-electron chi connectivity index (χ2n) is 5.28. The predicted molar refractivity (Wildman–Crippen MR) is 88.6 cm³/mol. The number of likely N-dealkylation sites (tertiary alicyclic amines) is 1. The SMILES string of the molecule is O=C(Nc1nccs1)C1CCCN(C(=O)c2ccnc(Cl)c2)C1. The monoisotopic (exact) mass is 350 g/mol. The Kier molecular flexibility index (Phi) is 4.88. The van der Waals surface area contributed by atoms with Crippen molar-refractivity contribution in [2.45, 2.75) is 12.8 Å². The summed E-state index contributed by atoms with van der Waals surface area (Å²) in [4.78, 5) is 34.5. The first kappa shape index (κ1) is 15.9. The summed E-state index contributed by atoms with van der Waals surface area (Å²) >= 11 is 7.21. The number of thiazole rings is 1. The van der Waals surface area contributed by atoms with Crippen LogP contribution in [0.1, 0.15) is 23.2 Å². The molecule has 23 heavy (non-hydrogen) atoms. The van der Waals surface area contributed by atoms with Gasteiger partial charge >= 0.3 is 0 Å². The molecule has 1 saturated heterocycles. The lowest BCUT2D eigenvalue weighted by atomic mass is 9.96. The molecule has 0 aromatic carbocycles. The van der Waals surface area contributed by atoms with Gasteiger partial charge in [0.25, 0.3) is 5.91 Å².